The van der Waals surface area contributed by atoms with Gasteiger partial charge < -0.3 is 5.11 Å². The first-order valence-corrected chi connectivity index (χ1v) is 8.25. The summed E-state index contributed by atoms with van der Waals surface area (Å²) in [6, 6.07) is 22.4. The van der Waals surface area contributed by atoms with E-state index in [0.29, 0.717) is 24.6 Å². The van der Waals surface area contributed by atoms with E-state index in [4.69, 9.17) is 0 Å². The van der Waals surface area contributed by atoms with Gasteiger partial charge in [-0.2, -0.15) is 0 Å². The minimum Gasteiger partial charge on any atom is -0.396 e. The third-order valence-electron chi connectivity index (χ3n) is 4.80. The van der Waals surface area contributed by atoms with E-state index in [9.17, 15) is 5.11 Å². The lowest BCUT2D eigenvalue weighted by Gasteiger charge is -2.30. The van der Waals surface area contributed by atoms with E-state index in [2.05, 4.69) is 72.5 Å². The number of nitrogens with zero attached hydrogens (tertiary/aromatic N) is 1. The maximum atomic E-state index is 9.20. The second-order valence-electron chi connectivity index (χ2n) is 6.32. The molecule has 22 heavy (non-hydrogen) atoms. The predicted octanol–water partition coefficient (Wildman–Crippen LogP) is 4.02. The van der Waals surface area contributed by atoms with Gasteiger partial charge in [0.15, 0.2) is 0 Å². The van der Waals surface area contributed by atoms with Gasteiger partial charge in [0, 0.05) is 25.2 Å². The second kappa shape index (κ2) is 7.08. The smallest absolute Gasteiger partial charge is 0.0434 e. The molecule has 1 aliphatic carbocycles. The number of aliphatic hydroxyl groups excluding tert-OH is 1. The Balaban J connectivity index is 1.77. The summed E-state index contributed by atoms with van der Waals surface area (Å²) >= 11 is 0. The SMILES string of the molecule is C[C@H](c1ccccc1)N(Cc1ccccc1)[C@H]1C[C@@H]1CCO. The molecule has 2 nitrogen and oxygen atoms in total. The maximum Gasteiger partial charge on any atom is 0.0434 e. The Kier molecular flexibility index (Phi) is 4.91. The summed E-state index contributed by atoms with van der Waals surface area (Å²) in [6.45, 7) is 3.58. The largest absolute Gasteiger partial charge is 0.396 e. The molecular formula is C20H25NO. The van der Waals surface area contributed by atoms with Crippen LogP contribution in [0.15, 0.2) is 60.7 Å². The van der Waals surface area contributed by atoms with Crippen LogP contribution in [-0.2, 0) is 6.54 Å². The third-order valence-corrected chi connectivity index (χ3v) is 4.80. The average molecular weight is 295 g/mol. The van der Waals surface area contributed by atoms with Gasteiger partial charge in [0.25, 0.3) is 0 Å². The van der Waals surface area contributed by atoms with E-state index < -0.39 is 0 Å². The summed E-state index contributed by atoms with van der Waals surface area (Å²) in [7, 11) is 0. The Morgan fingerprint density at radius 3 is 2.32 bits per heavy atom. The zero-order chi connectivity index (χ0) is 15.4. The monoisotopic (exact) mass is 295 g/mol. The topological polar surface area (TPSA) is 23.5 Å². The summed E-state index contributed by atoms with van der Waals surface area (Å²) in [5, 5.41) is 9.20. The molecule has 3 atom stereocenters. The van der Waals surface area contributed by atoms with Crippen molar-refractivity contribution in [3.63, 3.8) is 0 Å². The van der Waals surface area contributed by atoms with E-state index >= 15 is 0 Å². The van der Waals surface area contributed by atoms with Crippen LogP contribution in [0.4, 0.5) is 0 Å². The molecule has 0 spiro atoms. The van der Waals surface area contributed by atoms with Gasteiger partial charge in [-0.15, -0.1) is 0 Å². The zero-order valence-corrected chi connectivity index (χ0v) is 13.2. The van der Waals surface area contributed by atoms with Crippen LogP contribution < -0.4 is 0 Å². The van der Waals surface area contributed by atoms with Gasteiger partial charge in [-0.25, -0.2) is 0 Å². The van der Waals surface area contributed by atoms with Gasteiger partial charge in [-0.05, 0) is 36.8 Å². The third kappa shape index (κ3) is 3.57. The van der Waals surface area contributed by atoms with Crippen LogP contribution in [0.1, 0.15) is 36.9 Å². The quantitative estimate of drug-likeness (QED) is 0.834. The van der Waals surface area contributed by atoms with E-state index in [1.54, 1.807) is 0 Å². The van der Waals surface area contributed by atoms with Crippen LogP contribution in [0.2, 0.25) is 0 Å². The van der Waals surface area contributed by atoms with Crippen LogP contribution in [0.5, 0.6) is 0 Å². The molecule has 0 aromatic heterocycles. The predicted molar refractivity (Wildman–Crippen MR) is 90.4 cm³/mol. The Morgan fingerprint density at radius 1 is 1.05 bits per heavy atom. The highest BCUT2D eigenvalue weighted by Crippen LogP contribution is 2.43. The standard InChI is InChI=1S/C20H25NO/c1-16(18-10-6-3-7-11-18)21(20-14-19(20)12-13-22)15-17-8-4-2-5-9-17/h2-11,16,19-20,22H,12-15H2,1H3/t16-,19+,20+/m1/s1. The first kappa shape index (κ1) is 15.3. The maximum absolute atomic E-state index is 9.20. The Labute approximate surface area is 133 Å². The highest BCUT2D eigenvalue weighted by molar-refractivity contribution is 5.21. The molecule has 2 aromatic rings. The van der Waals surface area contributed by atoms with Crippen molar-refractivity contribution < 1.29 is 5.11 Å². The summed E-state index contributed by atoms with van der Waals surface area (Å²) < 4.78 is 0. The molecule has 3 rings (SSSR count). The summed E-state index contributed by atoms with van der Waals surface area (Å²) in [4.78, 5) is 2.60. The van der Waals surface area contributed by atoms with Crippen LogP contribution in [0, 0.1) is 5.92 Å². The fourth-order valence-corrected chi connectivity index (χ4v) is 3.37. The van der Waals surface area contributed by atoms with Crippen molar-refractivity contribution in [3.8, 4) is 0 Å². The molecule has 0 aliphatic heterocycles. The first-order valence-electron chi connectivity index (χ1n) is 8.25. The number of hydrogen-bond acceptors (Lipinski definition) is 2. The lowest BCUT2D eigenvalue weighted by Crippen LogP contribution is -2.30. The highest BCUT2D eigenvalue weighted by Gasteiger charge is 2.42. The van der Waals surface area contributed by atoms with E-state index in [1.807, 2.05) is 0 Å². The molecule has 0 heterocycles. The van der Waals surface area contributed by atoms with E-state index in [0.717, 1.165) is 13.0 Å². The molecule has 1 N–H and O–H groups in total. The minimum atomic E-state index is 0.306. The van der Waals surface area contributed by atoms with Crippen LogP contribution in [-0.4, -0.2) is 22.7 Å². The van der Waals surface area contributed by atoms with Gasteiger partial charge in [-0.1, -0.05) is 60.7 Å². The molecule has 1 aliphatic rings. The number of rotatable bonds is 7. The summed E-state index contributed by atoms with van der Waals surface area (Å²) in [5.74, 6) is 0.653. The summed E-state index contributed by atoms with van der Waals surface area (Å²) in [6.07, 6.45) is 2.14. The molecule has 0 amide bonds. The summed E-state index contributed by atoms with van der Waals surface area (Å²) in [5.41, 5.74) is 2.73. The number of benzene rings is 2. The fourth-order valence-electron chi connectivity index (χ4n) is 3.37. The van der Waals surface area contributed by atoms with Crippen molar-refractivity contribution >= 4 is 0 Å². The van der Waals surface area contributed by atoms with E-state index in [-0.39, 0.29) is 0 Å². The van der Waals surface area contributed by atoms with Gasteiger partial charge in [0.2, 0.25) is 0 Å². The molecule has 2 heteroatoms. The molecular weight excluding hydrogens is 270 g/mol. The Morgan fingerprint density at radius 2 is 1.68 bits per heavy atom. The number of aliphatic hydroxyl groups is 1. The van der Waals surface area contributed by atoms with Crippen molar-refractivity contribution in [2.24, 2.45) is 5.92 Å². The number of hydrogen-bond donors (Lipinski definition) is 1. The molecule has 1 saturated carbocycles. The Hall–Kier alpha value is -1.64. The van der Waals surface area contributed by atoms with Crippen molar-refractivity contribution in [2.45, 2.75) is 38.4 Å². The van der Waals surface area contributed by atoms with E-state index in [1.165, 1.54) is 17.5 Å². The molecule has 1 fully saturated rings. The molecule has 0 unspecified atom stereocenters. The van der Waals surface area contributed by atoms with Crippen molar-refractivity contribution in [3.05, 3.63) is 71.8 Å². The lowest BCUT2D eigenvalue weighted by molar-refractivity contribution is 0.174. The minimum absolute atomic E-state index is 0.306. The van der Waals surface area contributed by atoms with Crippen LogP contribution in [0.25, 0.3) is 0 Å². The first-order chi connectivity index (χ1) is 10.8. The van der Waals surface area contributed by atoms with Gasteiger partial charge in [-0.3, -0.25) is 4.90 Å². The van der Waals surface area contributed by atoms with Gasteiger partial charge in [0.1, 0.15) is 0 Å². The van der Waals surface area contributed by atoms with Gasteiger partial charge in [0.05, 0.1) is 0 Å². The molecule has 0 bridgehead atoms. The normalized spacial score (nSPS) is 21.8. The van der Waals surface area contributed by atoms with Gasteiger partial charge >= 0.3 is 0 Å². The second-order valence-corrected chi connectivity index (χ2v) is 6.32. The van der Waals surface area contributed by atoms with Crippen molar-refractivity contribution in [1.82, 2.24) is 4.90 Å². The Bertz CT molecular complexity index is 569. The van der Waals surface area contributed by atoms with Crippen molar-refractivity contribution in [2.75, 3.05) is 6.61 Å². The zero-order valence-electron chi connectivity index (χ0n) is 13.2. The van der Waals surface area contributed by atoms with Crippen LogP contribution >= 0.6 is 0 Å². The molecule has 0 radical (unpaired) electrons. The molecule has 2 aromatic carbocycles. The molecule has 0 saturated heterocycles. The average Bonchev–Trinajstić information content (AvgIpc) is 3.33. The molecule has 116 valence electrons. The fraction of sp³-hybridized carbons (Fsp3) is 0.400. The van der Waals surface area contributed by atoms with Crippen molar-refractivity contribution in [1.29, 1.82) is 0 Å². The highest BCUT2D eigenvalue weighted by atomic mass is 16.3. The lowest BCUT2D eigenvalue weighted by atomic mass is 10.1. The van der Waals surface area contributed by atoms with Crippen LogP contribution in [0.3, 0.4) is 0 Å².